The number of carbonyl (C=O) groups is 1. The molecule has 3 heterocycles. The summed E-state index contributed by atoms with van der Waals surface area (Å²) in [5.74, 6) is 0.937. The van der Waals surface area contributed by atoms with E-state index in [0.717, 1.165) is 84.3 Å². The second-order valence-corrected chi connectivity index (χ2v) is 8.00. The molecule has 31 heavy (non-hydrogen) atoms. The number of piperidine rings is 1. The van der Waals surface area contributed by atoms with Crippen LogP contribution in [0.25, 0.3) is 22.6 Å². The SMILES string of the molecule is Cl.Cl.NC1CCN(C(=O)c2c3c(nc4ccccc24)/C(=C\c2ccco2)CCC3)CC1. The summed E-state index contributed by atoms with van der Waals surface area (Å²) in [6.07, 6.45) is 8.28. The van der Waals surface area contributed by atoms with Crippen LogP contribution in [0.5, 0.6) is 0 Å². The fraction of sp³-hybridized carbons (Fsp3) is 0.333. The zero-order valence-electron chi connectivity index (χ0n) is 17.3. The number of likely N-dealkylation sites (tertiary alicyclic amines) is 1. The van der Waals surface area contributed by atoms with Gasteiger partial charge >= 0.3 is 0 Å². The first-order valence-corrected chi connectivity index (χ1v) is 10.4. The normalized spacial score (nSPS) is 17.7. The molecule has 0 atom stereocenters. The van der Waals surface area contributed by atoms with E-state index in [1.54, 1.807) is 6.26 Å². The van der Waals surface area contributed by atoms with Crippen LogP contribution in [0.15, 0.2) is 47.1 Å². The number of halogens is 2. The molecule has 1 saturated heterocycles. The quantitative estimate of drug-likeness (QED) is 0.577. The lowest BCUT2D eigenvalue weighted by atomic mass is 9.85. The molecule has 0 spiro atoms. The van der Waals surface area contributed by atoms with Gasteiger partial charge in [-0.15, -0.1) is 24.8 Å². The number of amides is 1. The number of hydrogen-bond donors (Lipinski definition) is 1. The monoisotopic (exact) mass is 459 g/mol. The largest absolute Gasteiger partial charge is 0.465 e. The topological polar surface area (TPSA) is 72.4 Å². The van der Waals surface area contributed by atoms with E-state index in [9.17, 15) is 4.79 Å². The van der Waals surface area contributed by atoms with E-state index in [1.165, 1.54) is 0 Å². The summed E-state index contributed by atoms with van der Waals surface area (Å²) in [6, 6.07) is 12.0. The van der Waals surface area contributed by atoms with Gasteiger partial charge in [-0.1, -0.05) is 18.2 Å². The summed E-state index contributed by atoms with van der Waals surface area (Å²) in [5, 5.41) is 0.949. The summed E-state index contributed by atoms with van der Waals surface area (Å²) in [7, 11) is 0. The van der Waals surface area contributed by atoms with Crippen LogP contribution in [0.2, 0.25) is 0 Å². The Morgan fingerprint density at radius 2 is 1.87 bits per heavy atom. The minimum Gasteiger partial charge on any atom is -0.465 e. The molecule has 7 heteroatoms. The van der Waals surface area contributed by atoms with Crippen molar-refractivity contribution in [2.24, 2.45) is 5.73 Å². The third-order valence-corrected chi connectivity index (χ3v) is 6.07. The molecule has 2 N–H and O–H groups in total. The van der Waals surface area contributed by atoms with E-state index in [1.807, 2.05) is 41.3 Å². The number of allylic oxidation sites excluding steroid dienone is 1. The van der Waals surface area contributed by atoms with Crippen LogP contribution in [0.1, 0.15) is 53.1 Å². The van der Waals surface area contributed by atoms with Gasteiger partial charge < -0.3 is 15.1 Å². The molecule has 0 bridgehead atoms. The summed E-state index contributed by atoms with van der Waals surface area (Å²) in [4.78, 5) is 20.6. The predicted octanol–water partition coefficient (Wildman–Crippen LogP) is 5.11. The molecule has 0 saturated carbocycles. The van der Waals surface area contributed by atoms with Gasteiger partial charge in [-0.3, -0.25) is 4.79 Å². The molecule has 3 aromatic rings. The van der Waals surface area contributed by atoms with E-state index in [4.69, 9.17) is 15.1 Å². The first-order valence-electron chi connectivity index (χ1n) is 10.4. The fourth-order valence-corrected chi connectivity index (χ4v) is 4.53. The van der Waals surface area contributed by atoms with Gasteiger partial charge in [0.1, 0.15) is 5.76 Å². The number of nitrogens with two attached hydrogens (primary N) is 1. The summed E-state index contributed by atoms with van der Waals surface area (Å²) >= 11 is 0. The molecule has 5 rings (SSSR count). The lowest BCUT2D eigenvalue weighted by Gasteiger charge is -2.32. The lowest BCUT2D eigenvalue weighted by Crippen LogP contribution is -2.43. The van der Waals surface area contributed by atoms with Crippen LogP contribution >= 0.6 is 24.8 Å². The number of rotatable bonds is 2. The summed E-state index contributed by atoms with van der Waals surface area (Å²) in [5.41, 5.74) is 10.9. The second kappa shape index (κ2) is 9.86. The van der Waals surface area contributed by atoms with E-state index < -0.39 is 0 Å². The maximum absolute atomic E-state index is 13.6. The van der Waals surface area contributed by atoms with Crippen molar-refractivity contribution in [3.63, 3.8) is 0 Å². The van der Waals surface area contributed by atoms with Crippen molar-refractivity contribution in [3.8, 4) is 0 Å². The van der Waals surface area contributed by atoms with Gasteiger partial charge in [0.05, 0.1) is 23.0 Å². The number of nitrogens with zero attached hydrogens (tertiary/aromatic N) is 2. The molecule has 5 nitrogen and oxygen atoms in total. The Kier molecular flexibility index (Phi) is 7.42. The van der Waals surface area contributed by atoms with Crippen LogP contribution in [0.4, 0.5) is 0 Å². The molecular weight excluding hydrogens is 433 g/mol. The van der Waals surface area contributed by atoms with Crippen LogP contribution in [0.3, 0.4) is 0 Å². The van der Waals surface area contributed by atoms with E-state index in [0.29, 0.717) is 0 Å². The average Bonchev–Trinajstić information content (AvgIpc) is 3.26. The zero-order valence-corrected chi connectivity index (χ0v) is 18.9. The smallest absolute Gasteiger partial charge is 0.254 e. The third-order valence-electron chi connectivity index (χ3n) is 6.07. The Morgan fingerprint density at radius 1 is 1.10 bits per heavy atom. The summed E-state index contributed by atoms with van der Waals surface area (Å²) < 4.78 is 5.53. The molecule has 1 aromatic carbocycles. The maximum atomic E-state index is 13.6. The summed E-state index contributed by atoms with van der Waals surface area (Å²) in [6.45, 7) is 1.45. The van der Waals surface area contributed by atoms with Crippen molar-refractivity contribution in [1.82, 2.24) is 9.88 Å². The number of fused-ring (bicyclic) bond motifs is 2. The molecule has 1 fully saturated rings. The van der Waals surface area contributed by atoms with E-state index in [2.05, 4.69) is 6.08 Å². The molecule has 2 aliphatic rings. The fourth-order valence-electron chi connectivity index (χ4n) is 4.53. The van der Waals surface area contributed by atoms with Crippen molar-refractivity contribution in [1.29, 1.82) is 0 Å². The molecule has 1 aliphatic heterocycles. The molecule has 164 valence electrons. The van der Waals surface area contributed by atoms with Crippen LogP contribution in [0, 0.1) is 0 Å². The first kappa shape index (κ1) is 23.3. The van der Waals surface area contributed by atoms with E-state index >= 15 is 0 Å². The number of para-hydroxylation sites is 1. The number of pyridine rings is 1. The molecule has 1 amide bonds. The Labute approximate surface area is 194 Å². The number of aromatic nitrogens is 1. The molecule has 0 radical (unpaired) electrons. The van der Waals surface area contributed by atoms with Gasteiger partial charge in [0.2, 0.25) is 0 Å². The number of carbonyl (C=O) groups excluding carboxylic acids is 1. The van der Waals surface area contributed by atoms with E-state index in [-0.39, 0.29) is 36.8 Å². The van der Waals surface area contributed by atoms with Crippen LogP contribution in [-0.2, 0) is 6.42 Å². The number of benzene rings is 1. The van der Waals surface area contributed by atoms with Crippen molar-refractivity contribution >= 4 is 53.3 Å². The Morgan fingerprint density at radius 3 is 2.61 bits per heavy atom. The lowest BCUT2D eigenvalue weighted by molar-refractivity contribution is 0.0715. The van der Waals surface area contributed by atoms with Gasteiger partial charge in [-0.2, -0.15) is 0 Å². The maximum Gasteiger partial charge on any atom is 0.254 e. The van der Waals surface area contributed by atoms with Crippen LogP contribution < -0.4 is 5.73 Å². The first-order chi connectivity index (χ1) is 14.2. The predicted molar refractivity (Wildman–Crippen MR) is 129 cm³/mol. The molecule has 0 unspecified atom stereocenters. The van der Waals surface area contributed by atoms with Gasteiger partial charge in [-0.05, 0) is 67.5 Å². The number of furan rings is 1. The van der Waals surface area contributed by atoms with Crippen molar-refractivity contribution < 1.29 is 9.21 Å². The molecule has 2 aromatic heterocycles. The zero-order chi connectivity index (χ0) is 19.8. The highest BCUT2D eigenvalue weighted by molar-refractivity contribution is 6.09. The Hall–Kier alpha value is -2.34. The van der Waals surface area contributed by atoms with Crippen molar-refractivity contribution in [3.05, 3.63) is 65.2 Å². The van der Waals surface area contributed by atoms with Gasteiger partial charge in [0.15, 0.2) is 0 Å². The average molecular weight is 460 g/mol. The highest BCUT2D eigenvalue weighted by Crippen LogP contribution is 2.37. The minimum absolute atomic E-state index is 0. The Bertz CT molecular complexity index is 1090. The molecule has 1 aliphatic carbocycles. The highest BCUT2D eigenvalue weighted by Gasteiger charge is 2.29. The third kappa shape index (κ3) is 4.49. The van der Waals surface area contributed by atoms with Crippen molar-refractivity contribution in [2.75, 3.05) is 13.1 Å². The minimum atomic E-state index is 0. The Balaban J connectivity index is 0.00000136. The standard InChI is InChI=1S/C24H25N3O2.2ClH/c25-17-10-12-27(13-11-17)24(28)22-19-7-1-2-9-21(19)26-23-16(5-3-8-20(22)23)15-18-6-4-14-29-18;;/h1-2,4,6-7,9,14-15,17H,3,5,8,10-13,25H2;2*1H/b16-15-;;. The van der Waals surface area contributed by atoms with Crippen molar-refractivity contribution in [2.45, 2.75) is 38.1 Å². The van der Waals surface area contributed by atoms with Gasteiger partial charge in [0, 0.05) is 24.5 Å². The van der Waals surface area contributed by atoms with Crippen LogP contribution in [-0.4, -0.2) is 34.9 Å². The van der Waals surface area contributed by atoms with Gasteiger partial charge in [-0.25, -0.2) is 4.98 Å². The highest BCUT2D eigenvalue weighted by atomic mass is 35.5. The second-order valence-electron chi connectivity index (χ2n) is 8.00. The number of hydrogen-bond acceptors (Lipinski definition) is 4. The molecular formula is C24H27Cl2N3O2. The van der Waals surface area contributed by atoms with Gasteiger partial charge in [0.25, 0.3) is 5.91 Å².